The highest BCUT2D eigenvalue weighted by Crippen LogP contribution is 2.33. The van der Waals surface area contributed by atoms with E-state index in [1.165, 1.54) is 18.5 Å². The SMILES string of the molecule is CCNc1cc(Oc2ccc(Br)cc2[N+](=O)[O-])ncn1. The fourth-order valence-electron chi connectivity index (χ4n) is 1.51. The molecule has 0 saturated carbocycles. The molecule has 0 saturated heterocycles. The zero-order valence-electron chi connectivity index (χ0n) is 10.5. The number of ether oxygens (including phenoxy) is 1. The van der Waals surface area contributed by atoms with Gasteiger partial charge in [-0.15, -0.1) is 0 Å². The average Bonchev–Trinajstić information content (AvgIpc) is 2.41. The van der Waals surface area contributed by atoms with Crippen molar-refractivity contribution in [1.82, 2.24) is 9.97 Å². The molecule has 0 amide bonds. The van der Waals surface area contributed by atoms with Crippen LogP contribution in [-0.4, -0.2) is 21.4 Å². The van der Waals surface area contributed by atoms with E-state index in [1.54, 1.807) is 12.1 Å². The number of anilines is 1. The van der Waals surface area contributed by atoms with E-state index in [1.807, 2.05) is 6.92 Å². The molecule has 1 aromatic carbocycles. The number of nitro benzene ring substituents is 1. The Kier molecular flexibility index (Phi) is 4.46. The lowest BCUT2D eigenvalue weighted by Crippen LogP contribution is -2.00. The van der Waals surface area contributed by atoms with Crippen LogP contribution in [0.3, 0.4) is 0 Å². The van der Waals surface area contributed by atoms with Crippen LogP contribution >= 0.6 is 15.9 Å². The van der Waals surface area contributed by atoms with E-state index in [2.05, 4.69) is 31.2 Å². The van der Waals surface area contributed by atoms with Crippen LogP contribution in [0.25, 0.3) is 0 Å². The number of nitro groups is 1. The fourth-order valence-corrected chi connectivity index (χ4v) is 1.85. The molecule has 1 N–H and O–H groups in total. The molecule has 0 atom stereocenters. The second kappa shape index (κ2) is 6.29. The first-order chi connectivity index (χ1) is 9.60. The summed E-state index contributed by atoms with van der Waals surface area (Å²) < 4.78 is 6.06. The van der Waals surface area contributed by atoms with E-state index < -0.39 is 4.92 Å². The molecule has 1 heterocycles. The third-order valence-corrected chi connectivity index (χ3v) is 2.83. The zero-order valence-corrected chi connectivity index (χ0v) is 12.1. The summed E-state index contributed by atoms with van der Waals surface area (Å²) >= 11 is 3.19. The van der Waals surface area contributed by atoms with Gasteiger partial charge in [0, 0.05) is 23.2 Å². The third kappa shape index (κ3) is 3.41. The Hall–Kier alpha value is -2.22. The van der Waals surface area contributed by atoms with Gasteiger partial charge in [-0.2, -0.15) is 0 Å². The van der Waals surface area contributed by atoms with Gasteiger partial charge in [-0.1, -0.05) is 15.9 Å². The summed E-state index contributed by atoms with van der Waals surface area (Å²) in [5, 5.41) is 14.0. The lowest BCUT2D eigenvalue weighted by atomic mass is 10.3. The van der Waals surface area contributed by atoms with Crippen molar-refractivity contribution in [3.8, 4) is 11.6 Å². The second-order valence-electron chi connectivity index (χ2n) is 3.74. The van der Waals surface area contributed by atoms with Crippen molar-refractivity contribution in [2.24, 2.45) is 0 Å². The summed E-state index contributed by atoms with van der Waals surface area (Å²) in [6.45, 7) is 2.64. The molecule has 2 aromatic rings. The monoisotopic (exact) mass is 338 g/mol. The number of hydrogen-bond donors (Lipinski definition) is 1. The second-order valence-corrected chi connectivity index (χ2v) is 4.66. The zero-order chi connectivity index (χ0) is 14.5. The Balaban J connectivity index is 2.30. The van der Waals surface area contributed by atoms with E-state index in [9.17, 15) is 10.1 Å². The lowest BCUT2D eigenvalue weighted by molar-refractivity contribution is -0.385. The average molecular weight is 339 g/mol. The minimum Gasteiger partial charge on any atom is -0.432 e. The molecule has 8 heteroatoms. The van der Waals surface area contributed by atoms with E-state index in [0.29, 0.717) is 16.8 Å². The number of nitrogens with one attached hydrogen (secondary N) is 1. The number of benzene rings is 1. The van der Waals surface area contributed by atoms with Crippen LogP contribution in [0.2, 0.25) is 0 Å². The molecule has 0 spiro atoms. The molecular weight excluding hydrogens is 328 g/mol. The molecule has 104 valence electrons. The molecule has 20 heavy (non-hydrogen) atoms. The summed E-state index contributed by atoms with van der Waals surface area (Å²) in [4.78, 5) is 18.4. The first kappa shape index (κ1) is 14.2. The largest absolute Gasteiger partial charge is 0.432 e. The Morgan fingerprint density at radius 1 is 1.40 bits per heavy atom. The minimum absolute atomic E-state index is 0.124. The van der Waals surface area contributed by atoms with Gasteiger partial charge in [0.15, 0.2) is 0 Å². The van der Waals surface area contributed by atoms with Crippen molar-refractivity contribution in [2.75, 3.05) is 11.9 Å². The lowest BCUT2D eigenvalue weighted by Gasteiger charge is -2.07. The minimum atomic E-state index is -0.507. The predicted molar refractivity (Wildman–Crippen MR) is 77.1 cm³/mol. The Bertz CT molecular complexity index is 636. The van der Waals surface area contributed by atoms with Crippen LogP contribution < -0.4 is 10.1 Å². The molecule has 0 aliphatic heterocycles. The fraction of sp³-hybridized carbons (Fsp3) is 0.167. The first-order valence-electron chi connectivity index (χ1n) is 5.78. The number of rotatable bonds is 5. The highest BCUT2D eigenvalue weighted by molar-refractivity contribution is 9.10. The van der Waals surface area contributed by atoms with E-state index in [4.69, 9.17) is 4.74 Å². The molecule has 2 rings (SSSR count). The number of halogens is 1. The van der Waals surface area contributed by atoms with Crippen molar-refractivity contribution < 1.29 is 9.66 Å². The van der Waals surface area contributed by atoms with Gasteiger partial charge in [0.05, 0.1) is 4.92 Å². The van der Waals surface area contributed by atoms with Crippen LogP contribution in [0.4, 0.5) is 11.5 Å². The van der Waals surface area contributed by atoms with Crippen molar-refractivity contribution in [2.45, 2.75) is 6.92 Å². The summed E-state index contributed by atoms with van der Waals surface area (Å²) in [7, 11) is 0. The normalized spacial score (nSPS) is 10.1. The van der Waals surface area contributed by atoms with Gasteiger partial charge in [-0.25, -0.2) is 9.97 Å². The van der Waals surface area contributed by atoms with Crippen LogP contribution in [0.15, 0.2) is 35.1 Å². The summed E-state index contributed by atoms with van der Waals surface area (Å²) in [5.41, 5.74) is -0.136. The van der Waals surface area contributed by atoms with Crippen LogP contribution in [-0.2, 0) is 0 Å². The van der Waals surface area contributed by atoms with Gasteiger partial charge in [0.25, 0.3) is 0 Å². The maximum absolute atomic E-state index is 11.0. The van der Waals surface area contributed by atoms with Crippen molar-refractivity contribution in [3.05, 3.63) is 45.2 Å². The van der Waals surface area contributed by atoms with Crippen molar-refractivity contribution >= 4 is 27.4 Å². The quantitative estimate of drug-likeness (QED) is 0.663. The van der Waals surface area contributed by atoms with Gasteiger partial charge in [0.1, 0.15) is 12.1 Å². The molecule has 0 aliphatic rings. The summed E-state index contributed by atoms with van der Waals surface area (Å²) in [6.07, 6.45) is 1.33. The van der Waals surface area contributed by atoms with E-state index >= 15 is 0 Å². The molecular formula is C12H11BrN4O3. The molecule has 0 bridgehead atoms. The summed E-state index contributed by atoms with van der Waals surface area (Å²) in [5.74, 6) is 0.956. The molecule has 0 unspecified atom stereocenters. The maximum Gasteiger partial charge on any atom is 0.312 e. The van der Waals surface area contributed by atoms with Crippen LogP contribution in [0, 0.1) is 10.1 Å². The molecule has 0 fully saturated rings. The third-order valence-electron chi connectivity index (χ3n) is 2.33. The first-order valence-corrected chi connectivity index (χ1v) is 6.57. The Labute approximate surface area is 123 Å². The van der Waals surface area contributed by atoms with Crippen LogP contribution in [0.1, 0.15) is 6.92 Å². The maximum atomic E-state index is 11.0. The number of aromatic nitrogens is 2. The highest BCUT2D eigenvalue weighted by Gasteiger charge is 2.16. The predicted octanol–water partition coefficient (Wildman–Crippen LogP) is 3.37. The molecule has 1 aromatic heterocycles. The number of nitrogens with zero attached hydrogens (tertiary/aromatic N) is 3. The highest BCUT2D eigenvalue weighted by atomic mass is 79.9. The number of hydrogen-bond acceptors (Lipinski definition) is 6. The van der Waals surface area contributed by atoms with Crippen molar-refractivity contribution in [1.29, 1.82) is 0 Å². The van der Waals surface area contributed by atoms with Crippen LogP contribution in [0.5, 0.6) is 11.6 Å². The molecule has 0 radical (unpaired) electrons. The van der Waals surface area contributed by atoms with E-state index in [0.717, 1.165) is 0 Å². The van der Waals surface area contributed by atoms with Gasteiger partial charge in [-0.3, -0.25) is 10.1 Å². The molecule has 0 aliphatic carbocycles. The standard InChI is InChI=1S/C12H11BrN4O3/c1-2-14-11-6-12(16-7-15-11)20-10-4-3-8(13)5-9(10)17(18)19/h3-7H,2H2,1H3,(H,14,15,16). The molecule has 7 nitrogen and oxygen atoms in total. The van der Waals surface area contributed by atoms with Gasteiger partial charge < -0.3 is 10.1 Å². The summed E-state index contributed by atoms with van der Waals surface area (Å²) in [6, 6.07) is 6.13. The smallest absolute Gasteiger partial charge is 0.312 e. The van der Waals surface area contributed by atoms with E-state index in [-0.39, 0.29) is 17.3 Å². The van der Waals surface area contributed by atoms with Gasteiger partial charge in [0.2, 0.25) is 11.6 Å². The van der Waals surface area contributed by atoms with Gasteiger partial charge in [-0.05, 0) is 19.1 Å². The Morgan fingerprint density at radius 2 is 2.20 bits per heavy atom. The topological polar surface area (TPSA) is 90.2 Å². The van der Waals surface area contributed by atoms with Crippen molar-refractivity contribution in [3.63, 3.8) is 0 Å². The Morgan fingerprint density at radius 3 is 2.90 bits per heavy atom. The van der Waals surface area contributed by atoms with Gasteiger partial charge >= 0.3 is 5.69 Å².